The summed E-state index contributed by atoms with van der Waals surface area (Å²) < 4.78 is 5.04. The highest BCUT2D eigenvalue weighted by Crippen LogP contribution is 2.24. The second-order valence-electron chi connectivity index (χ2n) is 6.38. The molecule has 3 aromatic rings. The van der Waals surface area contributed by atoms with Crippen molar-refractivity contribution in [1.29, 1.82) is 0 Å². The van der Waals surface area contributed by atoms with Crippen LogP contribution in [0.15, 0.2) is 42.7 Å². The van der Waals surface area contributed by atoms with Crippen LogP contribution in [-0.4, -0.2) is 39.5 Å². The molecule has 136 valence electrons. The summed E-state index contributed by atoms with van der Waals surface area (Å²) in [6.45, 7) is 2.13. The first kappa shape index (κ1) is 17.1. The third-order valence-corrected chi connectivity index (χ3v) is 4.55. The van der Waals surface area contributed by atoms with E-state index in [1.807, 2.05) is 12.1 Å². The molecular formula is C20H18N4O3. The fraction of sp³-hybridized carbons (Fsp3) is 0.250. The van der Waals surface area contributed by atoms with Gasteiger partial charge in [-0.25, -0.2) is 14.8 Å². The molecule has 0 saturated heterocycles. The standard InChI is InChI=1S/C20H18N4O3/c1-2-27-20(26)13-4-3-12-10-15(11-14(12)9-13)23-19(25)17-6-5-16-18(24-17)22-8-7-21-16/h3-9,15H,2,10-11H2,1H3,(H,23,25). The van der Waals surface area contributed by atoms with Gasteiger partial charge in [0.15, 0.2) is 5.65 Å². The Morgan fingerprint density at radius 2 is 1.93 bits per heavy atom. The number of hydrogen-bond acceptors (Lipinski definition) is 6. The quantitative estimate of drug-likeness (QED) is 0.714. The van der Waals surface area contributed by atoms with Crippen molar-refractivity contribution in [2.75, 3.05) is 6.61 Å². The molecule has 1 atom stereocenters. The zero-order chi connectivity index (χ0) is 18.8. The van der Waals surface area contributed by atoms with E-state index in [-0.39, 0.29) is 17.9 Å². The third-order valence-electron chi connectivity index (χ3n) is 4.55. The molecule has 1 aliphatic rings. The first-order valence-corrected chi connectivity index (χ1v) is 8.81. The molecule has 7 nitrogen and oxygen atoms in total. The fourth-order valence-electron chi connectivity index (χ4n) is 3.30. The second-order valence-corrected chi connectivity index (χ2v) is 6.38. The van der Waals surface area contributed by atoms with Gasteiger partial charge in [-0.1, -0.05) is 6.07 Å². The summed E-state index contributed by atoms with van der Waals surface area (Å²) in [4.78, 5) is 37.0. The number of esters is 1. The van der Waals surface area contributed by atoms with Crippen LogP contribution in [0.25, 0.3) is 11.2 Å². The van der Waals surface area contributed by atoms with Crippen LogP contribution in [0.1, 0.15) is 38.9 Å². The lowest BCUT2D eigenvalue weighted by atomic mass is 10.1. The molecule has 27 heavy (non-hydrogen) atoms. The maximum Gasteiger partial charge on any atom is 0.338 e. The first-order valence-electron chi connectivity index (χ1n) is 8.81. The van der Waals surface area contributed by atoms with Crippen molar-refractivity contribution in [2.24, 2.45) is 0 Å². The third kappa shape index (κ3) is 3.48. The Balaban J connectivity index is 1.46. The molecule has 0 aliphatic heterocycles. The van der Waals surface area contributed by atoms with E-state index in [2.05, 4.69) is 20.3 Å². The van der Waals surface area contributed by atoms with E-state index in [4.69, 9.17) is 4.74 Å². The monoisotopic (exact) mass is 362 g/mol. The van der Waals surface area contributed by atoms with E-state index in [9.17, 15) is 9.59 Å². The zero-order valence-corrected chi connectivity index (χ0v) is 14.8. The summed E-state index contributed by atoms with van der Waals surface area (Å²) in [6.07, 6.45) is 4.52. The van der Waals surface area contributed by atoms with Crippen molar-refractivity contribution in [1.82, 2.24) is 20.3 Å². The van der Waals surface area contributed by atoms with Crippen LogP contribution in [0.4, 0.5) is 0 Å². The van der Waals surface area contributed by atoms with Crippen LogP contribution in [0.5, 0.6) is 0 Å². The SMILES string of the molecule is CCOC(=O)c1ccc2c(c1)CC(NC(=O)c1ccc3nccnc3n1)C2. The number of pyridine rings is 1. The molecule has 7 heteroatoms. The molecule has 0 spiro atoms. The maximum atomic E-state index is 12.6. The number of aromatic nitrogens is 3. The lowest BCUT2D eigenvalue weighted by Gasteiger charge is -2.11. The Labute approximate surface area is 155 Å². The molecule has 4 rings (SSSR count). The van der Waals surface area contributed by atoms with Crippen molar-refractivity contribution < 1.29 is 14.3 Å². The molecule has 1 aromatic carbocycles. The highest BCUT2D eigenvalue weighted by atomic mass is 16.5. The second kappa shape index (κ2) is 7.11. The van der Waals surface area contributed by atoms with Gasteiger partial charge in [-0.15, -0.1) is 0 Å². The minimum Gasteiger partial charge on any atom is -0.462 e. The largest absolute Gasteiger partial charge is 0.462 e. The minimum absolute atomic E-state index is 0.0377. The average molecular weight is 362 g/mol. The average Bonchev–Trinajstić information content (AvgIpc) is 3.09. The van der Waals surface area contributed by atoms with E-state index >= 15 is 0 Å². The van der Waals surface area contributed by atoms with E-state index in [1.165, 1.54) is 0 Å². The van der Waals surface area contributed by atoms with Gasteiger partial charge in [0.1, 0.15) is 11.2 Å². The highest BCUT2D eigenvalue weighted by molar-refractivity contribution is 5.94. The predicted octanol–water partition coefficient (Wildman–Crippen LogP) is 2.10. The number of benzene rings is 1. The van der Waals surface area contributed by atoms with Crippen LogP contribution in [0, 0.1) is 0 Å². The van der Waals surface area contributed by atoms with Gasteiger partial charge in [0, 0.05) is 18.4 Å². The van der Waals surface area contributed by atoms with Crippen LogP contribution in [0.3, 0.4) is 0 Å². The summed E-state index contributed by atoms with van der Waals surface area (Å²) in [7, 11) is 0. The van der Waals surface area contributed by atoms with E-state index in [0.717, 1.165) is 17.5 Å². The lowest BCUT2D eigenvalue weighted by Crippen LogP contribution is -2.35. The minimum atomic E-state index is -0.325. The summed E-state index contributed by atoms with van der Waals surface area (Å²) in [5.74, 6) is -0.569. The van der Waals surface area contributed by atoms with Gasteiger partial charge >= 0.3 is 5.97 Å². The number of nitrogens with zero attached hydrogens (tertiary/aromatic N) is 3. The molecule has 2 heterocycles. The van der Waals surface area contributed by atoms with Crippen LogP contribution in [0.2, 0.25) is 0 Å². The van der Waals surface area contributed by atoms with Gasteiger partial charge in [0.05, 0.1) is 12.2 Å². The summed E-state index contributed by atoms with van der Waals surface area (Å²) in [6, 6.07) is 8.89. The molecule has 0 radical (unpaired) electrons. The number of hydrogen-bond donors (Lipinski definition) is 1. The van der Waals surface area contributed by atoms with Gasteiger partial charge in [-0.2, -0.15) is 0 Å². The number of carbonyl (C=O) groups is 2. The number of fused-ring (bicyclic) bond motifs is 2. The highest BCUT2D eigenvalue weighted by Gasteiger charge is 2.25. The molecular weight excluding hydrogens is 344 g/mol. The number of nitrogens with one attached hydrogen (secondary N) is 1. The Morgan fingerprint density at radius 1 is 1.11 bits per heavy atom. The molecule has 0 fully saturated rings. The van der Waals surface area contributed by atoms with Crippen LogP contribution in [-0.2, 0) is 17.6 Å². The van der Waals surface area contributed by atoms with Crippen LogP contribution < -0.4 is 5.32 Å². The maximum absolute atomic E-state index is 12.6. The van der Waals surface area contributed by atoms with Crippen molar-refractivity contribution >= 4 is 23.0 Å². The van der Waals surface area contributed by atoms with Crippen LogP contribution >= 0.6 is 0 Å². The van der Waals surface area contributed by atoms with Crippen molar-refractivity contribution in [3.63, 3.8) is 0 Å². The smallest absolute Gasteiger partial charge is 0.338 e. The predicted molar refractivity (Wildman–Crippen MR) is 98.4 cm³/mol. The molecule has 1 N–H and O–H groups in total. The zero-order valence-electron chi connectivity index (χ0n) is 14.8. The summed E-state index contributed by atoms with van der Waals surface area (Å²) >= 11 is 0. The van der Waals surface area contributed by atoms with E-state index < -0.39 is 0 Å². The number of amides is 1. The fourth-order valence-corrected chi connectivity index (χ4v) is 3.30. The van der Waals surface area contributed by atoms with E-state index in [0.29, 0.717) is 35.4 Å². The summed E-state index contributed by atoms with van der Waals surface area (Å²) in [5.41, 5.74) is 4.13. The normalized spacial score (nSPS) is 15.4. The topological polar surface area (TPSA) is 94.1 Å². The summed E-state index contributed by atoms with van der Waals surface area (Å²) in [5, 5.41) is 3.01. The molecule has 0 saturated carbocycles. The van der Waals surface area contributed by atoms with E-state index in [1.54, 1.807) is 37.5 Å². The van der Waals surface area contributed by atoms with Gasteiger partial charge < -0.3 is 10.1 Å². The Morgan fingerprint density at radius 3 is 2.78 bits per heavy atom. The number of carbonyl (C=O) groups excluding carboxylic acids is 2. The molecule has 1 amide bonds. The van der Waals surface area contributed by atoms with Gasteiger partial charge in [-0.05, 0) is 55.2 Å². The van der Waals surface area contributed by atoms with Gasteiger partial charge in [-0.3, -0.25) is 9.78 Å². The molecule has 1 aliphatic carbocycles. The van der Waals surface area contributed by atoms with Gasteiger partial charge in [0.2, 0.25) is 0 Å². The molecule has 0 bridgehead atoms. The molecule has 1 unspecified atom stereocenters. The Kier molecular flexibility index (Phi) is 4.50. The first-order chi connectivity index (χ1) is 13.1. The van der Waals surface area contributed by atoms with Crippen molar-refractivity contribution in [3.05, 3.63) is 65.1 Å². The van der Waals surface area contributed by atoms with Crippen molar-refractivity contribution in [2.45, 2.75) is 25.8 Å². The number of ether oxygens (including phenoxy) is 1. The van der Waals surface area contributed by atoms with Crippen molar-refractivity contribution in [3.8, 4) is 0 Å². The number of rotatable bonds is 4. The Bertz CT molecular complexity index is 1030. The Hall–Kier alpha value is -3.35. The lowest BCUT2D eigenvalue weighted by molar-refractivity contribution is 0.0526. The molecule has 2 aromatic heterocycles. The van der Waals surface area contributed by atoms with Gasteiger partial charge in [0.25, 0.3) is 5.91 Å².